The monoisotopic (exact) mass is 290 g/mol. The normalized spacial score (nSPS) is 11.2. The summed E-state index contributed by atoms with van der Waals surface area (Å²) < 4.78 is 5.98. The van der Waals surface area contributed by atoms with Crippen LogP contribution < -0.4 is 4.74 Å². The van der Waals surface area contributed by atoms with Gasteiger partial charge in [0.05, 0.1) is 9.89 Å². The summed E-state index contributed by atoms with van der Waals surface area (Å²) in [6.07, 6.45) is 0. The van der Waals surface area contributed by atoms with Gasteiger partial charge >= 0.3 is 5.97 Å². The molecule has 0 atom stereocenters. The second kappa shape index (κ2) is 4.99. The molecule has 1 aromatic carbocycles. The molecule has 82 valence electrons. The van der Waals surface area contributed by atoms with Crippen molar-refractivity contribution in [1.29, 1.82) is 0 Å². The number of halogens is 2. The summed E-state index contributed by atoms with van der Waals surface area (Å²) in [6, 6.07) is 7.21. The lowest BCUT2D eigenvalue weighted by Crippen LogP contribution is -2.30. The van der Waals surface area contributed by atoms with Crippen LogP contribution in [-0.4, -0.2) is 11.8 Å². The fourth-order valence-corrected chi connectivity index (χ4v) is 1.29. The molecule has 0 aliphatic heterocycles. The number of para-hydroxylation sites is 1. The molecule has 0 unspecified atom stereocenters. The van der Waals surface area contributed by atoms with E-state index in [9.17, 15) is 4.79 Å². The molecule has 0 fully saturated rings. The van der Waals surface area contributed by atoms with E-state index in [-0.39, 0.29) is 11.8 Å². The molecule has 0 aromatic heterocycles. The maximum Gasteiger partial charge on any atom is 0.318 e. The standard InChI is InChI=1S/C11H12BrClO2/c1-11(2,7-13)10(14)15-9-6-4-3-5-8(9)12/h3-6H,7H2,1-2H3. The molecule has 0 heterocycles. The molecule has 0 radical (unpaired) electrons. The van der Waals surface area contributed by atoms with Crippen LogP contribution in [-0.2, 0) is 4.79 Å². The Labute approximate surface area is 103 Å². The molecule has 15 heavy (non-hydrogen) atoms. The van der Waals surface area contributed by atoms with E-state index in [1.54, 1.807) is 26.0 Å². The van der Waals surface area contributed by atoms with Crippen molar-refractivity contribution in [2.24, 2.45) is 5.41 Å². The van der Waals surface area contributed by atoms with Crippen LogP contribution in [0.5, 0.6) is 5.75 Å². The number of carbonyl (C=O) groups excluding carboxylic acids is 1. The SMILES string of the molecule is CC(C)(CCl)C(=O)Oc1ccccc1Br. The largest absolute Gasteiger partial charge is 0.425 e. The van der Waals surface area contributed by atoms with Gasteiger partial charge in [-0.3, -0.25) is 4.79 Å². The van der Waals surface area contributed by atoms with Gasteiger partial charge in [-0.25, -0.2) is 0 Å². The minimum atomic E-state index is -0.670. The van der Waals surface area contributed by atoms with Crippen molar-refractivity contribution in [2.75, 3.05) is 5.88 Å². The van der Waals surface area contributed by atoms with Crippen molar-refractivity contribution in [3.8, 4) is 5.75 Å². The molecule has 0 aliphatic rings. The third-order valence-electron chi connectivity index (χ3n) is 1.93. The van der Waals surface area contributed by atoms with Gasteiger partial charge in [0.25, 0.3) is 0 Å². The van der Waals surface area contributed by atoms with Gasteiger partial charge in [0.15, 0.2) is 0 Å². The molecule has 0 spiro atoms. The van der Waals surface area contributed by atoms with E-state index in [0.717, 1.165) is 4.47 Å². The smallest absolute Gasteiger partial charge is 0.318 e. The van der Waals surface area contributed by atoms with Crippen molar-refractivity contribution in [2.45, 2.75) is 13.8 Å². The number of alkyl halides is 1. The summed E-state index contributed by atoms with van der Waals surface area (Å²) in [7, 11) is 0. The fourth-order valence-electron chi connectivity index (χ4n) is 0.820. The van der Waals surface area contributed by atoms with Crippen molar-refractivity contribution >= 4 is 33.5 Å². The molecule has 1 aromatic rings. The van der Waals surface area contributed by atoms with Crippen molar-refractivity contribution in [3.05, 3.63) is 28.7 Å². The lowest BCUT2D eigenvalue weighted by atomic mass is 9.97. The zero-order chi connectivity index (χ0) is 11.5. The Morgan fingerprint density at radius 1 is 1.47 bits per heavy atom. The van der Waals surface area contributed by atoms with Crippen LogP contribution in [0.3, 0.4) is 0 Å². The molecular formula is C11H12BrClO2. The Hall–Kier alpha value is -0.540. The van der Waals surface area contributed by atoms with Crippen LogP contribution in [0.25, 0.3) is 0 Å². The Balaban J connectivity index is 2.80. The topological polar surface area (TPSA) is 26.3 Å². The van der Waals surface area contributed by atoms with Crippen LogP contribution in [0.4, 0.5) is 0 Å². The van der Waals surface area contributed by atoms with Gasteiger partial charge in [0, 0.05) is 5.88 Å². The maximum atomic E-state index is 11.7. The fraction of sp³-hybridized carbons (Fsp3) is 0.364. The first-order valence-corrected chi connectivity index (χ1v) is 5.83. The molecule has 0 bridgehead atoms. The third kappa shape index (κ3) is 3.21. The second-order valence-corrected chi connectivity index (χ2v) is 4.96. The molecule has 0 saturated heterocycles. The van der Waals surface area contributed by atoms with Crippen LogP contribution in [0.15, 0.2) is 28.7 Å². The predicted molar refractivity (Wildman–Crippen MR) is 64.3 cm³/mol. The van der Waals surface area contributed by atoms with Gasteiger partial charge in [-0.05, 0) is 41.9 Å². The van der Waals surface area contributed by atoms with Gasteiger partial charge in [0.1, 0.15) is 5.75 Å². The molecular weight excluding hydrogens is 279 g/mol. The maximum absolute atomic E-state index is 11.7. The first-order valence-electron chi connectivity index (χ1n) is 4.50. The van der Waals surface area contributed by atoms with E-state index in [2.05, 4.69) is 15.9 Å². The molecule has 0 N–H and O–H groups in total. The van der Waals surface area contributed by atoms with Gasteiger partial charge in [-0.2, -0.15) is 0 Å². The van der Waals surface area contributed by atoms with Crippen LogP contribution in [0, 0.1) is 5.41 Å². The van der Waals surface area contributed by atoms with Crippen LogP contribution in [0.2, 0.25) is 0 Å². The molecule has 4 heteroatoms. The van der Waals surface area contributed by atoms with Crippen LogP contribution in [0.1, 0.15) is 13.8 Å². The van der Waals surface area contributed by atoms with E-state index in [0.29, 0.717) is 5.75 Å². The third-order valence-corrected chi connectivity index (χ3v) is 3.25. The zero-order valence-corrected chi connectivity index (χ0v) is 10.9. The van der Waals surface area contributed by atoms with E-state index >= 15 is 0 Å². The van der Waals surface area contributed by atoms with E-state index in [1.165, 1.54) is 0 Å². The molecule has 0 amide bonds. The van der Waals surface area contributed by atoms with Crippen molar-refractivity contribution < 1.29 is 9.53 Å². The minimum Gasteiger partial charge on any atom is -0.425 e. The first-order chi connectivity index (χ1) is 6.97. The van der Waals surface area contributed by atoms with Gasteiger partial charge in [-0.15, -0.1) is 11.6 Å². The Morgan fingerprint density at radius 2 is 2.07 bits per heavy atom. The minimum absolute atomic E-state index is 0.232. The lowest BCUT2D eigenvalue weighted by molar-refractivity contribution is -0.142. The lowest BCUT2D eigenvalue weighted by Gasteiger charge is -2.19. The molecule has 2 nitrogen and oxygen atoms in total. The van der Waals surface area contributed by atoms with Crippen molar-refractivity contribution in [1.82, 2.24) is 0 Å². The number of hydrogen-bond acceptors (Lipinski definition) is 2. The number of esters is 1. The highest BCUT2D eigenvalue weighted by Gasteiger charge is 2.29. The number of hydrogen-bond donors (Lipinski definition) is 0. The highest BCUT2D eigenvalue weighted by molar-refractivity contribution is 9.10. The van der Waals surface area contributed by atoms with Gasteiger partial charge in [-0.1, -0.05) is 12.1 Å². The van der Waals surface area contributed by atoms with Gasteiger partial charge in [0.2, 0.25) is 0 Å². The summed E-state index contributed by atoms with van der Waals surface area (Å²) in [5.41, 5.74) is -0.670. The average molecular weight is 292 g/mol. The quantitative estimate of drug-likeness (QED) is 0.483. The van der Waals surface area contributed by atoms with E-state index < -0.39 is 5.41 Å². The summed E-state index contributed by atoms with van der Waals surface area (Å²) in [5.74, 6) is 0.418. The Kier molecular flexibility index (Phi) is 4.17. The Morgan fingerprint density at radius 3 is 2.60 bits per heavy atom. The summed E-state index contributed by atoms with van der Waals surface area (Å²) in [5, 5.41) is 0. The van der Waals surface area contributed by atoms with Gasteiger partial charge < -0.3 is 4.74 Å². The number of benzene rings is 1. The molecule has 0 aliphatic carbocycles. The summed E-state index contributed by atoms with van der Waals surface area (Å²) in [4.78, 5) is 11.7. The first kappa shape index (κ1) is 12.5. The van der Waals surface area contributed by atoms with Crippen LogP contribution >= 0.6 is 27.5 Å². The molecule has 0 saturated carbocycles. The Bertz CT molecular complexity index is 363. The highest BCUT2D eigenvalue weighted by atomic mass is 79.9. The van der Waals surface area contributed by atoms with Crippen molar-refractivity contribution in [3.63, 3.8) is 0 Å². The molecule has 1 rings (SSSR count). The number of rotatable bonds is 3. The van der Waals surface area contributed by atoms with E-state index in [4.69, 9.17) is 16.3 Å². The van der Waals surface area contributed by atoms with E-state index in [1.807, 2.05) is 12.1 Å². The predicted octanol–water partition coefficient (Wildman–Crippen LogP) is 3.62. The summed E-state index contributed by atoms with van der Waals surface area (Å²) >= 11 is 8.98. The number of ether oxygens (including phenoxy) is 1. The zero-order valence-electron chi connectivity index (χ0n) is 8.59. The number of carbonyl (C=O) groups is 1. The average Bonchev–Trinajstić information content (AvgIpc) is 2.21. The second-order valence-electron chi connectivity index (χ2n) is 3.84. The summed E-state index contributed by atoms with van der Waals surface area (Å²) in [6.45, 7) is 3.50. The highest BCUT2D eigenvalue weighted by Crippen LogP contribution is 2.27.